The van der Waals surface area contributed by atoms with Crippen molar-refractivity contribution >= 4 is 5.91 Å². The summed E-state index contributed by atoms with van der Waals surface area (Å²) in [7, 11) is 0. The van der Waals surface area contributed by atoms with Gasteiger partial charge in [0.15, 0.2) is 0 Å². The van der Waals surface area contributed by atoms with Crippen molar-refractivity contribution in [3.8, 4) is 5.88 Å². The third-order valence-corrected chi connectivity index (χ3v) is 3.66. The Morgan fingerprint density at radius 1 is 1.26 bits per heavy atom. The van der Waals surface area contributed by atoms with Crippen molar-refractivity contribution in [2.24, 2.45) is 0 Å². The van der Waals surface area contributed by atoms with Crippen molar-refractivity contribution in [3.63, 3.8) is 0 Å². The zero-order valence-corrected chi connectivity index (χ0v) is 14.1. The van der Waals surface area contributed by atoms with Crippen molar-refractivity contribution in [3.05, 3.63) is 58.8 Å². The van der Waals surface area contributed by atoms with Crippen molar-refractivity contribution < 1.29 is 9.53 Å². The highest BCUT2D eigenvalue weighted by atomic mass is 16.5. The molecule has 0 saturated heterocycles. The molecule has 2 rings (SSSR count). The van der Waals surface area contributed by atoms with E-state index in [-0.39, 0.29) is 5.91 Å². The Morgan fingerprint density at radius 2 is 2.09 bits per heavy atom. The summed E-state index contributed by atoms with van der Waals surface area (Å²) in [5.74, 6) is 0.525. The topological polar surface area (TPSA) is 51.2 Å². The number of pyridine rings is 1. The first-order valence-electron chi connectivity index (χ1n) is 8.04. The predicted octanol–water partition coefficient (Wildman–Crippen LogP) is 3.81. The minimum Gasteiger partial charge on any atom is -0.477 e. The Bertz CT molecular complexity index is 668. The number of aromatic nitrogens is 1. The first kappa shape index (κ1) is 17.0. The lowest BCUT2D eigenvalue weighted by Crippen LogP contribution is -2.24. The van der Waals surface area contributed by atoms with Crippen LogP contribution in [-0.2, 0) is 6.54 Å². The number of aryl methyl sites for hydroxylation is 2. The van der Waals surface area contributed by atoms with Gasteiger partial charge in [-0.1, -0.05) is 37.1 Å². The van der Waals surface area contributed by atoms with Crippen LogP contribution in [0.1, 0.15) is 46.8 Å². The zero-order chi connectivity index (χ0) is 16.7. The van der Waals surface area contributed by atoms with E-state index in [1.807, 2.05) is 44.2 Å². The van der Waals surface area contributed by atoms with Crippen LogP contribution in [0, 0.1) is 13.8 Å². The van der Waals surface area contributed by atoms with Crippen LogP contribution < -0.4 is 10.1 Å². The lowest BCUT2D eigenvalue weighted by molar-refractivity contribution is 0.0950. The number of carbonyl (C=O) groups excluding carboxylic acids is 1. The van der Waals surface area contributed by atoms with Gasteiger partial charge in [0, 0.05) is 23.9 Å². The number of nitrogens with one attached hydrogen (secondary N) is 1. The van der Waals surface area contributed by atoms with Crippen LogP contribution in [0.15, 0.2) is 36.5 Å². The molecule has 1 amide bonds. The molecule has 0 aliphatic rings. The van der Waals surface area contributed by atoms with E-state index in [1.54, 1.807) is 6.20 Å². The maximum Gasteiger partial charge on any atom is 0.251 e. The first-order chi connectivity index (χ1) is 11.1. The van der Waals surface area contributed by atoms with Crippen LogP contribution in [0.5, 0.6) is 5.88 Å². The Labute approximate surface area is 137 Å². The molecule has 0 saturated carbocycles. The number of benzene rings is 1. The molecule has 0 spiro atoms. The summed E-state index contributed by atoms with van der Waals surface area (Å²) in [4.78, 5) is 16.6. The molecule has 0 bridgehead atoms. The summed E-state index contributed by atoms with van der Waals surface area (Å²) in [6.07, 6.45) is 3.77. The molecule has 1 aromatic carbocycles. The number of rotatable bonds is 7. The average molecular weight is 312 g/mol. The number of carbonyl (C=O) groups is 1. The highest BCUT2D eigenvalue weighted by molar-refractivity contribution is 5.95. The Hall–Kier alpha value is -2.36. The lowest BCUT2D eigenvalue weighted by Gasteiger charge is -2.12. The molecule has 0 atom stereocenters. The number of hydrogen-bond donors (Lipinski definition) is 1. The SMILES string of the molecule is CCCCOc1ncccc1CNC(=O)c1cc(C)ccc1C. The smallest absolute Gasteiger partial charge is 0.251 e. The molecule has 122 valence electrons. The van der Waals surface area contributed by atoms with Gasteiger partial charge in [0.2, 0.25) is 5.88 Å². The molecule has 0 aliphatic heterocycles. The van der Waals surface area contributed by atoms with Crippen molar-refractivity contribution in [1.82, 2.24) is 10.3 Å². The van der Waals surface area contributed by atoms with Crippen LogP contribution in [-0.4, -0.2) is 17.5 Å². The zero-order valence-electron chi connectivity index (χ0n) is 14.1. The number of unbranched alkanes of at least 4 members (excludes halogenated alkanes) is 1. The van der Waals surface area contributed by atoms with Gasteiger partial charge >= 0.3 is 0 Å². The summed E-state index contributed by atoms with van der Waals surface area (Å²) < 4.78 is 5.70. The van der Waals surface area contributed by atoms with Gasteiger partial charge in [-0.2, -0.15) is 0 Å². The van der Waals surface area contributed by atoms with Crippen LogP contribution >= 0.6 is 0 Å². The third-order valence-electron chi connectivity index (χ3n) is 3.66. The van der Waals surface area contributed by atoms with Gasteiger partial charge in [-0.3, -0.25) is 4.79 Å². The summed E-state index contributed by atoms with van der Waals surface area (Å²) in [5.41, 5.74) is 3.65. The third kappa shape index (κ3) is 4.81. The van der Waals surface area contributed by atoms with Gasteiger partial charge in [0.05, 0.1) is 6.61 Å². The lowest BCUT2D eigenvalue weighted by atomic mass is 10.1. The second-order valence-electron chi connectivity index (χ2n) is 5.67. The van der Waals surface area contributed by atoms with Crippen LogP contribution in [0.3, 0.4) is 0 Å². The molecule has 0 fully saturated rings. The van der Waals surface area contributed by atoms with E-state index in [4.69, 9.17) is 4.74 Å². The minimum absolute atomic E-state index is 0.0745. The summed E-state index contributed by atoms with van der Waals surface area (Å²) in [6.45, 7) is 7.09. The molecule has 1 aromatic heterocycles. The van der Waals surface area contributed by atoms with E-state index in [1.165, 1.54) is 0 Å². The number of ether oxygens (including phenoxy) is 1. The maximum absolute atomic E-state index is 12.4. The highest BCUT2D eigenvalue weighted by Crippen LogP contribution is 2.15. The Balaban J connectivity index is 2.03. The molecular weight excluding hydrogens is 288 g/mol. The molecule has 0 radical (unpaired) electrons. The fourth-order valence-electron chi connectivity index (χ4n) is 2.25. The van der Waals surface area contributed by atoms with Gasteiger partial charge in [0.25, 0.3) is 5.91 Å². The van der Waals surface area contributed by atoms with E-state index >= 15 is 0 Å². The Kier molecular flexibility index (Phi) is 6.15. The molecule has 0 aliphatic carbocycles. The number of hydrogen-bond acceptors (Lipinski definition) is 3. The average Bonchev–Trinajstić information content (AvgIpc) is 2.56. The molecule has 1 N–H and O–H groups in total. The van der Waals surface area contributed by atoms with E-state index in [2.05, 4.69) is 17.2 Å². The molecule has 1 heterocycles. The first-order valence-corrected chi connectivity index (χ1v) is 8.04. The van der Waals surface area contributed by atoms with Gasteiger partial charge in [-0.05, 0) is 38.0 Å². The van der Waals surface area contributed by atoms with Crippen molar-refractivity contribution in [2.75, 3.05) is 6.61 Å². The van der Waals surface area contributed by atoms with E-state index < -0.39 is 0 Å². The Morgan fingerprint density at radius 3 is 2.87 bits per heavy atom. The fraction of sp³-hybridized carbons (Fsp3) is 0.368. The summed E-state index contributed by atoms with van der Waals surface area (Å²) >= 11 is 0. The van der Waals surface area contributed by atoms with E-state index in [0.29, 0.717) is 24.6 Å². The molecule has 23 heavy (non-hydrogen) atoms. The van der Waals surface area contributed by atoms with Crippen molar-refractivity contribution in [2.45, 2.75) is 40.2 Å². The summed E-state index contributed by atoms with van der Waals surface area (Å²) in [5, 5.41) is 2.96. The molecule has 4 heteroatoms. The van der Waals surface area contributed by atoms with Gasteiger partial charge in [0.1, 0.15) is 0 Å². The molecule has 0 unspecified atom stereocenters. The van der Waals surface area contributed by atoms with Crippen molar-refractivity contribution in [1.29, 1.82) is 0 Å². The largest absolute Gasteiger partial charge is 0.477 e. The molecule has 2 aromatic rings. The van der Waals surface area contributed by atoms with Gasteiger partial charge < -0.3 is 10.1 Å². The second-order valence-corrected chi connectivity index (χ2v) is 5.67. The quantitative estimate of drug-likeness (QED) is 0.791. The summed E-state index contributed by atoms with van der Waals surface area (Å²) in [6, 6.07) is 9.66. The normalized spacial score (nSPS) is 10.4. The standard InChI is InChI=1S/C19H24N2O2/c1-4-5-11-23-19-16(7-6-10-20-19)13-21-18(22)17-12-14(2)8-9-15(17)3/h6-10,12H,4-5,11,13H2,1-3H3,(H,21,22). The molecule has 4 nitrogen and oxygen atoms in total. The molecular formula is C19H24N2O2. The van der Waals surface area contributed by atoms with Gasteiger partial charge in [-0.15, -0.1) is 0 Å². The fourth-order valence-corrected chi connectivity index (χ4v) is 2.25. The number of amides is 1. The monoisotopic (exact) mass is 312 g/mol. The maximum atomic E-state index is 12.4. The highest BCUT2D eigenvalue weighted by Gasteiger charge is 2.11. The van der Waals surface area contributed by atoms with Crippen LogP contribution in [0.4, 0.5) is 0 Å². The second kappa shape index (κ2) is 8.32. The van der Waals surface area contributed by atoms with E-state index in [9.17, 15) is 4.79 Å². The minimum atomic E-state index is -0.0745. The van der Waals surface area contributed by atoms with Crippen LogP contribution in [0.2, 0.25) is 0 Å². The van der Waals surface area contributed by atoms with E-state index in [0.717, 1.165) is 29.5 Å². The number of nitrogens with zero attached hydrogens (tertiary/aromatic N) is 1. The van der Waals surface area contributed by atoms with Crippen LogP contribution in [0.25, 0.3) is 0 Å². The predicted molar refractivity (Wildman–Crippen MR) is 91.7 cm³/mol. The van der Waals surface area contributed by atoms with Gasteiger partial charge in [-0.25, -0.2) is 4.98 Å².